The van der Waals surface area contributed by atoms with E-state index in [9.17, 15) is 4.79 Å². The fraction of sp³-hybridized carbons (Fsp3) is 0.476. The van der Waals surface area contributed by atoms with Crippen LogP contribution in [0.1, 0.15) is 30.9 Å². The van der Waals surface area contributed by atoms with Crippen molar-refractivity contribution in [1.82, 2.24) is 19.8 Å². The summed E-state index contributed by atoms with van der Waals surface area (Å²) in [4.78, 5) is 27.9. The molecule has 0 saturated carbocycles. The number of anilines is 1. The number of hydrogen-bond acceptors (Lipinski definition) is 5. The zero-order chi connectivity index (χ0) is 18.5. The third kappa shape index (κ3) is 4.27. The SMILES string of the molecule is O=C(CCN1CCCC1c1ccccc1)N1CCN(c2ncccn2)CC1. The molecule has 0 spiro atoms. The van der Waals surface area contributed by atoms with E-state index in [0.717, 1.165) is 45.2 Å². The number of carbonyl (C=O) groups excluding carboxylic acids is 1. The van der Waals surface area contributed by atoms with Crippen LogP contribution in [0.5, 0.6) is 0 Å². The summed E-state index contributed by atoms with van der Waals surface area (Å²) in [7, 11) is 0. The second-order valence-electron chi connectivity index (χ2n) is 7.27. The van der Waals surface area contributed by atoms with Crippen LogP contribution < -0.4 is 4.90 Å². The molecule has 4 rings (SSSR count). The van der Waals surface area contributed by atoms with Crippen LogP contribution in [0.3, 0.4) is 0 Å². The highest BCUT2D eigenvalue weighted by atomic mass is 16.2. The summed E-state index contributed by atoms with van der Waals surface area (Å²) in [6, 6.07) is 13.0. The first-order valence-electron chi connectivity index (χ1n) is 9.90. The van der Waals surface area contributed by atoms with Gasteiger partial charge in [0.15, 0.2) is 0 Å². The summed E-state index contributed by atoms with van der Waals surface area (Å²) in [5, 5.41) is 0. The quantitative estimate of drug-likeness (QED) is 0.814. The van der Waals surface area contributed by atoms with Gasteiger partial charge in [-0.15, -0.1) is 0 Å². The van der Waals surface area contributed by atoms with Gasteiger partial charge in [0.2, 0.25) is 11.9 Å². The van der Waals surface area contributed by atoms with Crippen LogP contribution in [0.25, 0.3) is 0 Å². The number of amides is 1. The van der Waals surface area contributed by atoms with Gasteiger partial charge < -0.3 is 9.80 Å². The summed E-state index contributed by atoms with van der Waals surface area (Å²) in [6.45, 7) is 5.03. The van der Waals surface area contributed by atoms with Gasteiger partial charge in [0.25, 0.3) is 0 Å². The Bertz CT molecular complexity index is 731. The topological polar surface area (TPSA) is 52.6 Å². The zero-order valence-corrected chi connectivity index (χ0v) is 15.7. The first-order chi connectivity index (χ1) is 13.3. The molecule has 2 saturated heterocycles. The number of likely N-dealkylation sites (tertiary alicyclic amines) is 1. The van der Waals surface area contributed by atoms with E-state index in [-0.39, 0.29) is 5.91 Å². The van der Waals surface area contributed by atoms with E-state index in [1.54, 1.807) is 12.4 Å². The molecule has 1 aromatic carbocycles. The number of hydrogen-bond donors (Lipinski definition) is 0. The van der Waals surface area contributed by atoms with E-state index in [1.807, 2.05) is 11.0 Å². The van der Waals surface area contributed by atoms with Crippen LogP contribution >= 0.6 is 0 Å². The van der Waals surface area contributed by atoms with Gasteiger partial charge in [-0.3, -0.25) is 9.69 Å². The normalized spacial score (nSPS) is 20.8. The smallest absolute Gasteiger partial charge is 0.225 e. The third-order valence-corrected chi connectivity index (χ3v) is 5.63. The number of carbonyl (C=O) groups is 1. The van der Waals surface area contributed by atoms with E-state index in [4.69, 9.17) is 0 Å². The number of piperazine rings is 1. The number of nitrogens with zero attached hydrogens (tertiary/aromatic N) is 5. The minimum absolute atomic E-state index is 0.266. The first kappa shape index (κ1) is 17.9. The Morgan fingerprint density at radius 2 is 1.70 bits per heavy atom. The highest BCUT2D eigenvalue weighted by Gasteiger charge is 2.27. The third-order valence-electron chi connectivity index (χ3n) is 5.63. The van der Waals surface area contributed by atoms with Crippen LogP contribution in [-0.2, 0) is 4.79 Å². The lowest BCUT2D eigenvalue weighted by atomic mass is 10.0. The van der Waals surface area contributed by atoms with Crippen molar-refractivity contribution >= 4 is 11.9 Å². The molecule has 1 atom stereocenters. The van der Waals surface area contributed by atoms with Crippen molar-refractivity contribution in [2.45, 2.75) is 25.3 Å². The molecule has 1 unspecified atom stereocenters. The van der Waals surface area contributed by atoms with Gasteiger partial charge in [-0.05, 0) is 31.0 Å². The summed E-state index contributed by atoms with van der Waals surface area (Å²) in [6.07, 6.45) is 6.53. The highest BCUT2D eigenvalue weighted by Crippen LogP contribution is 2.31. The van der Waals surface area contributed by atoms with Gasteiger partial charge in [0.1, 0.15) is 0 Å². The van der Waals surface area contributed by atoms with Crippen LogP contribution in [0, 0.1) is 0 Å². The highest BCUT2D eigenvalue weighted by molar-refractivity contribution is 5.76. The van der Waals surface area contributed by atoms with Crippen molar-refractivity contribution in [3.8, 4) is 0 Å². The second kappa shape index (κ2) is 8.48. The van der Waals surface area contributed by atoms with Crippen LogP contribution in [0.15, 0.2) is 48.8 Å². The van der Waals surface area contributed by atoms with E-state index >= 15 is 0 Å². The maximum atomic E-state index is 12.7. The fourth-order valence-corrected chi connectivity index (χ4v) is 4.15. The predicted molar refractivity (Wildman–Crippen MR) is 105 cm³/mol. The Kier molecular flexibility index (Phi) is 5.63. The molecular formula is C21H27N5O. The molecule has 0 radical (unpaired) electrons. The lowest BCUT2D eigenvalue weighted by molar-refractivity contribution is -0.131. The number of benzene rings is 1. The van der Waals surface area contributed by atoms with E-state index in [1.165, 1.54) is 18.4 Å². The molecule has 1 aromatic heterocycles. The van der Waals surface area contributed by atoms with Crippen LogP contribution in [-0.4, -0.2) is 64.9 Å². The van der Waals surface area contributed by atoms with E-state index in [0.29, 0.717) is 12.5 Å². The lowest BCUT2D eigenvalue weighted by Gasteiger charge is -2.35. The van der Waals surface area contributed by atoms with Crippen molar-refractivity contribution in [2.75, 3.05) is 44.2 Å². The molecular weight excluding hydrogens is 338 g/mol. The maximum absolute atomic E-state index is 12.7. The standard InChI is InChI=1S/C21H27N5O/c27-20(25-14-16-26(17-15-25)21-22-10-5-11-23-21)9-13-24-12-4-8-19(24)18-6-2-1-3-7-18/h1-3,5-7,10-11,19H,4,8-9,12-17H2. The summed E-state index contributed by atoms with van der Waals surface area (Å²) in [5.74, 6) is 1.02. The molecule has 0 aliphatic carbocycles. The molecule has 3 heterocycles. The lowest BCUT2D eigenvalue weighted by Crippen LogP contribution is -2.49. The molecule has 27 heavy (non-hydrogen) atoms. The predicted octanol–water partition coefficient (Wildman–Crippen LogP) is 2.35. The van der Waals surface area contributed by atoms with Crippen molar-refractivity contribution in [1.29, 1.82) is 0 Å². The Morgan fingerprint density at radius 1 is 0.963 bits per heavy atom. The second-order valence-corrected chi connectivity index (χ2v) is 7.27. The molecule has 142 valence electrons. The van der Waals surface area contributed by atoms with E-state index in [2.05, 4.69) is 50.1 Å². The van der Waals surface area contributed by atoms with Gasteiger partial charge in [0, 0.05) is 57.6 Å². The van der Waals surface area contributed by atoms with Gasteiger partial charge in [-0.2, -0.15) is 0 Å². The van der Waals surface area contributed by atoms with Crippen molar-refractivity contribution < 1.29 is 4.79 Å². The van der Waals surface area contributed by atoms with Gasteiger partial charge in [0.05, 0.1) is 0 Å². The Labute approximate surface area is 160 Å². The van der Waals surface area contributed by atoms with Crippen molar-refractivity contribution in [2.24, 2.45) is 0 Å². The molecule has 2 fully saturated rings. The zero-order valence-electron chi connectivity index (χ0n) is 15.7. The molecule has 2 aromatic rings. The van der Waals surface area contributed by atoms with Crippen LogP contribution in [0.2, 0.25) is 0 Å². The van der Waals surface area contributed by atoms with E-state index < -0.39 is 0 Å². The Hall–Kier alpha value is -2.47. The molecule has 1 amide bonds. The Balaban J connectivity index is 1.26. The average molecular weight is 365 g/mol. The van der Waals surface area contributed by atoms with Crippen molar-refractivity contribution in [3.05, 3.63) is 54.4 Å². The van der Waals surface area contributed by atoms with Crippen molar-refractivity contribution in [3.63, 3.8) is 0 Å². The molecule has 6 heteroatoms. The largest absolute Gasteiger partial charge is 0.339 e. The van der Waals surface area contributed by atoms with Gasteiger partial charge in [-0.1, -0.05) is 30.3 Å². The molecule has 0 bridgehead atoms. The fourth-order valence-electron chi connectivity index (χ4n) is 4.15. The first-order valence-corrected chi connectivity index (χ1v) is 9.90. The summed E-state index contributed by atoms with van der Waals surface area (Å²) in [5.41, 5.74) is 1.37. The molecule has 0 N–H and O–H groups in total. The monoisotopic (exact) mass is 365 g/mol. The van der Waals surface area contributed by atoms with Crippen LogP contribution in [0.4, 0.5) is 5.95 Å². The summed E-state index contributed by atoms with van der Waals surface area (Å²) < 4.78 is 0. The summed E-state index contributed by atoms with van der Waals surface area (Å²) >= 11 is 0. The Morgan fingerprint density at radius 3 is 2.44 bits per heavy atom. The van der Waals surface area contributed by atoms with Gasteiger partial charge in [-0.25, -0.2) is 9.97 Å². The molecule has 2 aliphatic rings. The number of rotatable bonds is 5. The molecule has 6 nitrogen and oxygen atoms in total. The maximum Gasteiger partial charge on any atom is 0.225 e. The number of aromatic nitrogens is 2. The molecule has 2 aliphatic heterocycles. The van der Waals surface area contributed by atoms with Gasteiger partial charge >= 0.3 is 0 Å². The average Bonchev–Trinajstić information content (AvgIpc) is 3.22. The minimum atomic E-state index is 0.266. The minimum Gasteiger partial charge on any atom is -0.339 e.